The van der Waals surface area contributed by atoms with Gasteiger partial charge < -0.3 is 19.7 Å². The highest BCUT2D eigenvalue weighted by Crippen LogP contribution is 2.22. The van der Waals surface area contributed by atoms with Crippen molar-refractivity contribution in [3.05, 3.63) is 47.5 Å². The molecular weight excluding hydrogens is 294 g/mol. The number of aromatic nitrogens is 1. The molecule has 6 heteroatoms. The summed E-state index contributed by atoms with van der Waals surface area (Å²) in [6.45, 7) is 3.60. The van der Waals surface area contributed by atoms with Crippen LogP contribution in [-0.4, -0.2) is 35.2 Å². The SMILES string of the molecule is Cc1occc1C(=O)NCc1cccnc1N1CCC[C@@H](O)C1. The number of amides is 1. The molecule has 1 fully saturated rings. The average molecular weight is 315 g/mol. The summed E-state index contributed by atoms with van der Waals surface area (Å²) in [4.78, 5) is 18.7. The molecule has 1 saturated heterocycles. The second-order valence-corrected chi connectivity index (χ2v) is 5.80. The molecule has 0 bridgehead atoms. The molecule has 2 N–H and O–H groups in total. The maximum Gasteiger partial charge on any atom is 0.255 e. The molecule has 23 heavy (non-hydrogen) atoms. The topological polar surface area (TPSA) is 78.6 Å². The number of piperidine rings is 1. The third kappa shape index (κ3) is 3.53. The number of furan rings is 1. The number of nitrogens with zero attached hydrogens (tertiary/aromatic N) is 2. The average Bonchev–Trinajstić information content (AvgIpc) is 2.99. The fourth-order valence-electron chi connectivity index (χ4n) is 2.89. The highest BCUT2D eigenvalue weighted by atomic mass is 16.3. The molecule has 0 aliphatic carbocycles. The molecular formula is C17H21N3O3. The summed E-state index contributed by atoms with van der Waals surface area (Å²) in [5, 5.41) is 12.8. The van der Waals surface area contributed by atoms with E-state index in [0.29, 0.717) is 24.4 Å². The highest BCUT2D eigenvalue weighted by molar-refractivity contribution is 5.95. The lowest BCUT2D eigenvalue weighted by Crippen LogP contribution is -2.39. The van der Waals surface area contributed by atoms with Crippen LogP contribution in [0.2, 0.25) is 0 Å². The van der Waals surface area contributed by atoms with Gasteiger partial charge in [-0.2, -0.15) is 0 Å². The summed E-state index contributed by atoms with van der Waals surface area (Å²) in [7, 11) is 0. The maximum absolute atomic E-state index is 12.2. The molecule has 1 aliphatic heterocycles. The molecule has 0 aromatic carbocycles. The summed E-state index contributed by atoms with van der Waals surface area (Å²) in [6, 6.07) is 5.47. The zero-order chi connectivity index (χ0) is 16.2. The predicted octanol–water partition coefficient (Wildman–Crippen LogP) is 1.87. The van der Waals surface area contributed by atoms with E-state index < -0.39 is 0 Å². The molecule has 1 amide bonds. The van der Waals surface area contributed by atoms with E-state index in [2.05, 4.69) is 15.2 Å². The van der Waals surface area contributed by atoms with E-state index in [1.807, 2.05) is 12.1 Å². The van der Waals surface area contributed by atoms with Gasteiger partial charge in [0.2, 0.25) is 0 Å². The minimum Gasteiger partial charge on any atom is -0.469 e. The van der Waals surface area contributed by atoms with Gasteiger partial charge in [0, 0.05) is 31.4 Å². The van der Waals surface area contributed by atoms with E-state index >= 15 is 0 Å². The van der Waals surface area contributed by atoms with Crippen LogP contribution in [0, 0.1) is 6.92 Å². The minimum atomic E-state index is -0.318. The number of hydrogen-bond donors (Lipinski definition) is 2. The number of aliphatic hydroxyl groups is 1. The number of β-amino-alcohol motifs (C(OH)–C–C–N with tert-alkyl or cyclic N) is 1. The first-order chi connectivity index (χ1) is 11.1. The van der Waals surface area contributed by atoms with Crippen LogP contribution in [0.1, 0.15) is 34.5 Å². The van der Waals surface area contributed by atoms with Crippen molar-refractivity contribution < 1.29 is 14.3 Å². The van der Waals surface area contributed by atoms with Gasteiger partial charge in [-0.1, -0.05) is 6.07 Å². The van der Waals surface area contributed by atoms with E-state index in [1.165, 1.54) is 6.26 Å². The van der Waals surface area contributed by atoms with Crippen LogP contribution >= 0.6 is 0 Å². The van der Waals surface area contributed by atoms with Crippen LogP contribution in [0.4, 0.5) is 5.82 Å². The normalized spacial score (nSPS) is 18.0. The molecule has 1 atom stereocenters. The van der Waals surface area contributed by atoms with Crippen molar-refractivity contribution in [2.45, 2.75) is 32.4 Å². The van der Waals surface area contributed by atoms with Crippen molar-refractivity contribution in [2.75, 3.05) is 18.0 Å². The van der Waals surface area contributed by atoms with Crippen LogP contribution < -0.4 is 10.2 Å². The zero-order valence-corrected chi connectivity index (χ0v) is 13.2. The van der Waals surface area contributed by atoms with Crippen molar-refractivity contribution in [3.63, 3.8) is 0 Å². The first-order valence-electron chi connectivity index (χ1n) is 7.84. The quantitative estimate of drug-likeness (QED) is 0.900. The Morgan fingerprint density at radius 2 is 2.39 bits per heavy atom. The fourth-order valence-corrected chi connectivity index (χ4v) is 2.89. The van der Waals surface area contributed by atoms with Gasteiger partial charge in [0.05, 0.1) is 17.9 Å². The standard InChI is InChI=1S/C17H21N3O3/c1-12-15(6-9-23-12)17(22)19-10-13-4-2-7-18-16(13)20-8-3-5-14(21)11-20/h2,4,6-7,9,14,21H,3,5,8,10-11H2,1H3,(H,19,22)/t14-/m1/s1. The lowest BCUT2D eigenvalue weighted by Gasteiger charge is -2.32. The van der Waals surface area contributed by atoms with E-state index in [4.69, 9.17) is 4.42 Å². The molecule has 2 aromatic rings. The molecule has 122 valence electrons. The molecule has 2 aromatic heterocycles. The van der Waals surface area contributed by atoms with Crippen LogP contribution in [0.15, 0.2) is 35.1 Å². The number of aryl methyl sites for hydroxylation is 1. The van der Waals surface area contributed by atoms with E-state index in [-0.39, 0.29) is 12.0 Å². The smallest absolute Gasteiger partial charge is 0.255 e. The van der Waals surface area contributed by atoms with Gasteiger partial charge in [-0.3, -0.25) is 4.79 Å². The Kier molecular flexibility index (Phi) is 4.62. The van der Waals surface area contributed by atoms with Crippen molar-refractivity contribution in [2.24, 2.45) is 0 Å². The number of carbonyl (C=O) groups is 1. The van der Waals surface area contributed by atoms with Crippen molar-refractivity contribution in [1.29, 1.82) is 0 Å². The Hall–Kier alpha value is -2.34. The molecule has 3 heterocycles. The van der Waals surface area contributed by atoms with Crippen LogP contribution in [0.25, 0.3) is 0 Å². The van der Waals surface area contributed by atoms with Gasteiger partial charge in [0.25, 0.3) is 5.91 Å². The Morgan fingerprint density at radius 3 is 3.13 bits per heavy atom. The highest BCUT2D eigenvalue weighted by Gasteiger charge is 2.21. The Balaban J connectivity index is 1.71. The number of anilines is 1. The molecule has 0 saturated carbocycles. The summed E-state index contributed by atoms with van der Waals surface area (Å²) in [5.41, 5.74) is 1.49. The summed E-state index contributed by atoms with van der Waals surface area (Å²) >= 11 is 0. The number of carbonyl (C=O) groups excluding carboxylic acids is 1. The van der Waals surface area contributed by atoms with Gasteiger partial charge >= 0.3 is 0 Å². The number of aliphatic hydroxyl groups excluding tert-OH is 1. The summed E-state index contributed by atoms with van der Waals surface area (Å²) in [5.74, 6) is 1.27. The second-order valence-electron chi connectivity index (χ2n) is 5.80. The van der Waals surface area contributed by atoms with Gasteiger partial charge in [0.15, 0.2) is 0 Å². The Labute approximate surface area is 135 Å². The summed E-state index contributed by atoms with van der Waals surface area (Å²) < 4.78 is 5.16. The molecule has 1 aliphatic rings. The number of nitrogens with one attached hydrogen (secondary N) is 1. The Bertz CT molecular complexity index is 683. The molecule has 0 spiro atoms. The predicted molar refractivity (Wildman–Crippen MR) is 86.3 cm³/mol. The lowest BCUT2D eigenvalue weighted by atomic mass is 10.1. The van der Waals surface area contributed by atoms with Gasteiger partial charge in [0.1, 0.15) is 11.6 Å². The second kappa shape index (κ2) is 6.83. The van der Waals surface area contributed by atoms with Crippen LogP contribution in [0.5, 0.6) is 0 Å². The van der Waals surface area contributed by atoms with E-state index in [9.17, 15) is 9.90 Å². The lowest BCUT2D eigenvalue weighted by molar-refractivity contribution is 0.0949. The molecule has 6 nitrogen and oxygen atoms in total. The monoisotopic (exact) mass is 315 g/mol. The Morgan fingerprint density at radius 1 is 1.52 bits per heavy atom. The molecule has 0 unspecified atom stereocenters. The van der Waals surface area contributed by atoms with Crippen LogP contribution in [0.3, 0.4) is 0 Å². The zero-order valence-electron chi connectivity index (χ0n) is 13.2. The van der Waals surface area contributed by atoms with Gasteiger partial charge in [-0.05, 0) is 31.9 Å². The summed E-state index contributed by atoms with van der Waals surface area (Å²) in [6.07, 6.45) is 4.70. The van der Waals surface area contributed by atoms with E-state index in [0.717, 1.165) is 30.8 Å². The third-order valence-electron chi connectivity index (χ3n) is 4.11. The first kappa shape index (κ1) is 15.6. The van der Waals surface area contributed by atoms with Crippen molar-refractivity contribution in [3.8, 4) is 0 Å². The van der Waals surface area contributed by atoms with Gasteiger partial charge in [-0.15, -0.1) is 0 Å². The van der Waals surface area contributed by atoms with Gasteiger partial charge in [-0.25, -0.2) is 4.98 Å². The van der Waals surface area contributed by atoms with Crippen molar-refractivity contribution >= 4 is 11.7 Å². The minimum absolute atomic E-state index is 0.162. The number of rotatable bonds is 4. The first-order valence-corrected chi connectivity index (χ1v) is 7.84. The van der Waals surface area contributed by atoms with Crippen molar-refractivity contribution in [1.82, 2.24) is 10.3 Å². The molecule has 3 rings (SSSR count). The number of pyridine rings is 1. The maximum atomic E-state index is 12.2. The third-order valence-corrected chi connectivity index (χ3v) is 4.11. The number of hydrogen-bond acceptors (Lipinski definition) is 5. The van der Waals surface area contributed by atoms with E-state index in [1.54, 1.807) is 19.2 Å². The molecule has 0 radical (unpaired) electrons. The largest absolute Gasteiger partial charge is 0.469 e. The fraction of sp³-hybridized carbons (Fsp3) is 0.412. The van der Waals surface area contributed by atoms with Crippen LogP contribution in [-0.2, 0) is 6.54 Å².